The van der Waals surface area contributed by atoms with Crippen molar-refractivity contribution in [3.05, 3.63) is 53.6 Å². The van der Waals surface area contributed by atoms with Crippen molar-refractivity contribution in [1.29, 1.82) is 0 Å². The number of ether oxygens (including phenoxy) is 1. The lowest BCUT2D eigenvalue weighted by Crippen LogP contribution is -2.01. The first-order chi connectivity index (χ1) is 8.29. The van der Waals surface area contributed by atoms with Gasteiger partial charge in [-0.25, -0.2) is 0 Å². The van der Waals surface area contributed by atoms with E-state index in [1.54, 1.807) is 6.20 Å². The van der Waals surface area contributed by atoms with Gasteiger partial charge < -0.3 is 4.74 Å². The standard InChI is InChI=1S/C14H16N2O/c1-3-13-14(7-6-11(2)16-13)17-10-12-5-4-8-15-9-12/h4-9H,3,10H2,1-2H3. The second-order valence-electron chi connectivity index (χ2n) is 3.90. The third kappa shape index (κ3) is 3.03. The molecule has 0 saturated heterocycles. The predicted octanol–water partition coefficient (Wildman–Crippen LogP) is 2.93. The van der Waals surface area contributed by atoms with Crippen molar-refractivity contribution in [1.82, 2.24) is 9.97 Å². The van der Waals surface area contributed by atoms with E-state index in [0.29, 0.717) is 6.61 Å². The molecule has 0 bridgehead atoms. The number of pyridine rings is 2. The molecule has 0 aromatic carbocycles. The van der Waals surface area contributed by atoms with Gasteiger partial charge >= 0.3 is 0 Å². The molecule has 0 amide bonds. The number of rotatable bonds is 4. The summed E-state index contributed by atoms with van der Waals surface area (Å²) in [5.41, 5.74) is 3.10. The van der Waals surface area contributed by atoms with Crippen molar-refractivity contribution in [3.8, 4) is 5.75 Å². The maximum absolute atomic E-state index is 5.77. The molecule has 88 valence electrons. The van der Waals surface area contributed by atoms with Gasteiger partial charge in [-0.2, -0.15) is 0 Å². The molecular formula is C14H16N2O. The van der Waals surface area contributed by atoms with Gasteiger partial charge in [0.15, 0.2) is 0 Å². The molecule has 0 N–H and O–H groups in total. The molecule has 0 aliphatic heterocycles. The Balaban J connectivity index is 2.09. The summed E-state index contributed by atoms with van der Waals surface area (Å²) in [4.78, 5) is 8.52. The zero-order valence-electron chi connectivity index (χ0n) is 10.2. The summed E-state index contributed by atoms with van der Waals surface area (Å²) >= 11 is 0. The lowest BCUT2D eigenvalue weighted by molar-refractivity contribution is 0.301. The zero-order valence-corrected chi connectivity index (χ0v) is 10.2. The van der Waals surface area contributed by atoms with Gasteiger partial charge in [0.25, 0.3) is 0 Å². The Morgan fingerprint density at radius 2 is 2.12 bits per heavy atom. The lowest BCUT2D eigenvalue weighted by atomic mass is 10.2. The van der Waals surface area contributed by atoms with Crippen LogP contribution in [0.3, 0.4) is 0 Å². The minimum atomic E-state index is 0.533. The third-order valence-electron chi connectivity index (χ3n) is 2.52. The van der Waals surface area contributed by atoms with Crippen molar-refractivity contribution in [2.45, 2.75) is 26.9 Å². The van der Waals surface area contributed by atoms with Gasteiger partial charge in [0.2, 0.25) is 0 Å². The van der Waals surface area contributed by atoms with Gasteiger partial charge in [0.05, 0.1) is 5.69 Å². The van der Waals surface area contributed by atoms with Crippen LogP contribution in [0.15, 0.2) is 36.7 Å². The normalized spacial score (nSPS) is 10.2. The second kappa shape index (κ2) is 5.43. The Morgan fingerprint density at radius 3 is 2.82 bits per heavy atom. The van der Waals surface area contributed by atoms with Crippen LogP contribution in [-0.2, 0) is 13.0 Å². The van der Waals surface area contributed by atoms with Crippen molar-refractivity contribution in [2.75, 3.05) is 0 Å². The molecular weight excluding hydrogens is 212 g/mol. The largest absolute Gasteiger partial charge is 0.487 e. The van der Waals surface area contributed by atoms with Gasteiger partial charge in [-0.3, -0.25) is 9.97 Å². The van der Waals surface area contributed by atoms with E-state index in [2.05, 4.69) is 16.9 Å². The Bertz CT molecular complexity index is 483. The molecule has 2 aromatic rings. The summed E-state index contributed by atoms with van der Waals surface area (Å²) in [7, 11) is 0. The fourth-order valence-corrected chi connectivity index (χ4v) is 1.63. The summed E-state index contributed by atoms with van der Waals surface area (Å²) in [6, 6.07) is 7.86. The summed E-state index contributed by atoms with van der Waals surface area (Å²) < 4.78 is 5.77. The minimum Gasteiger partial charge on any atom is -0.487 e. The Kier molecular flexibility index (Phi) is 3.70. The molecule has 0 aliphatic carbocycles. The van der Waals surface area contributed by atoms with E-state index >= 15 is 0 Å². The van der Waals surface area contributed by atoms with Crippen molar-refractivity contribution in [2.24, 2.45) is 0 Å². The molecule has 3 heteroatoms. The predicted molar refractivity (Wildman–Crippen MR) is 66.9 cm³/mol. The van der Waals surface area contributed by atoms with Crippen LogP contribution in [-0.4, -0.2) is 9.97 Å². The van der Waals surface area contributed by atoms with Crippen LogP contribution in [0.1, 0.15) is 23.9 Å². The van der Waals surface area contributed by atoms with E-state index in [9.17, 15) is 0 Å². The number of aromatic nitrogens is 2. The smallest absolute Gasteiger partial charge is 0.141 e. The van der Waals surface area contributed by atoms with E-state index in [4.69, 9.17) is 4.74 Å². The highest BCUT2D eigenvalue weighted by Gasteiger charge is 2.04. The maximum Gasteiger partial charge on any atom is 0.141 e. The molecule has 0 fully saturated rings. The summed E-state index contributed by atoms with van der Waals surface area (Å²) in [5.74, 6) is 0.863. The van der Waals surface area contributed by atoms with E-state index in [0.717, 1.165) is 29.1 Å². The van der Waals surface area contributed by atoms with Gasteiger partial charge in [0.1, 0.15) is 12.4 Å². The SMILES string of the molecule is CCc1nc(C)ccc1OCc1cccnc1. The second-order valence-corrected chi connectivity index (χ2v) is 3.90. The van der Waals surface area contributed by atoms with Gasteiger partial charge in [-0.15, -0.1) is 0 Å². The average Bonchev–Trinajstić information content (AvgIpc) is 2.38. The molecule has 2 aromatic heterocycles. The van der Waals surface area contributed by atoms with E-state index < -0.39 is 0 Å². The van der Waals surface area contributed by atoms with Crippen LogP contribution in [0.25, 0.3) is 0 Å². The molecule has 0 spiro atoms. The van der Waals surface area contributed by atoms with Gasteiger partial charge in [0, 0.05) is 23.7 Å². The van der Waals surface area contributed by atoms with Crippen molar-refractivity contribution in [3.63, 3.8) is 0 Å². The van der Waals surface area contributed by atoms with Crippen LogP contribution in [0.5, 0.6) is 5.75 Å². The number of nitrogens with zero attached hydrogens (tertiary/aromatic N) is 2. The van der Waals surface area contributed by atoms with Crippen LogP contribution < -0.4 is 4.74 Å². The lowest BCUT2D eigenvalue weighted by Gasteiger charge is -2.10. The highest BCUT2D eigenvalue weighted by atomic mass is 16.5. The molecule has 3 nitrogen and oxygen atoms in total. The highest BCUT2D eigenvalue weighted by Crippen LogP contribution is 2.18. The topological polar surface area (TPSA) is 35.0 Å². The average molecular weight is 228 g/mol. The fraction of sp³-hybridized carbons (Fsp3) is 0.286. The highest BCUT2D eigenvalue weighted by molar-refractivity contribution is 5.29. The van der Waals surface area contributed by atoms with E-state index in [1.807, 2.05) is 37.4 Å². The fourth-order valence-electron chi connectivity index (χ4n) is 1.63. The van der Waals surface area contributed by atoms with Crippen molar-refractivity contribution < 1.29 is 4.74 Å². The molecule has 0 aliphatic rings. The number of hydrogen-bond donors (Lipinski definition) is 0. The Labute approximate surface area is 102 Å². The molecule has 0 unspecified atom stereocenters. The van der Waals surface area contributed by atoms with Crippen LogP contribution >= 0.6 is 0 Å². The monoisotopic (exact) mass is 228 g/mol. The van der Waals surface area contributed by atoms with Crippen LogP contribution in [0, 0.1) is 6.92 Å². The van der Waals surface area contributed by atoms with E-state index in [1.165, 1.54) is 0 Å². The summed E-state index contributed by atoms with van der Waals surface area (Å²) in [6.45, 7) is 4.61. The van der Waals surface area contributed by atoms with Gasteiger partial charge in [-0.05, 0) is 31.5 Å². The van der Waals surface area contributed by atoms with Crippen molar-refractivity contribution >= 4 is 0 Å². The first-order valence-electron chi connectivity index (χ1n) is 5.78. The molecule has 0 radical (unpaired) electrons. The molecule has 2 heterocycles. The Hall–Kier alpha value is -1.90. The molecule has 0 saturated carbocycles. The van der Waals surface area contributed by atoms with Crippen LogP contribution in [0.4, 0.5) is 0 Å². The minimum absolute atomic E-state index is 0.533. The number of hydrogen-bond acceptors (Lipinski definition) is 3. The van der Waals surface area contributed by atoms with Crippen LogP contribution in [0.2, 0.25) is 0 Å². The molecule has 2 rings (SSSR count). The summed E-state index contributed by atoms with van der Waals surface area (Å²) in [5, 5.41) is 0. The molecule has 0 atom stereocenters. The van der Waals surface area contributed by atoms with E-state index in [-0.39, 0.29) is 0 Å². The molecule has 17 heavy (non-hydrogen) atoms. The quantitative estimate of drug-likeness (QED) is 0.807. The maximum atomic E-state index is 5.77. The third-order valence-corrected chi connectivity index (χ3v) is 2.52. The van der Waals surface area contributed by atoms with Gasteiger partial charge in [-0.1, -0.05) is 13.0 Å². The summed E-state index contributed by atoms with van der Waals surface area (Å²) in [6.07, 6.45) is 4.45. The first-order valence-corrected chi connectivity index (χ1v) is 5.78. The Morgan fingerprint density at radius 1 is 1.24 bits per heavy atom. The zero-order chi connectivity index (χ0) is 12.1. The first kappa shape index (κ1) is 11.6. The number of aryl methyl sites for hydroxylation is 2.